The summed E-state index contributed by atoms with van der Waals surface area (Å²) in [7, 11) is 0. The van der Waals surface area contributed by atoms with Crippen LogP contribution >= 0.6 is 0 Å². The van der Waals surface area contributed by atoms with Gasteiger partial charge in [-0.1, -0.05) is 26.5 Å². The van der Waals surface area contributed by atoms with Crippen molar-refractivity contribution in [1.82, 2.24) is 0 Å². The Morgan fingerprint density at radius 1 is 1.70 bits per heavy atom. The van der Waals surface area contributed by atoms with Gasteiger partial charge in [-0.3, -0.25) is 0 Å². The SMILES string of the molecule is C=C1C[C@H](O)C=C1C(C)C. The molecule has 0 unspecified atom stereocenters. The average Bonchev–Trinajstić information content (AvgIpc) is 2.10. The summed E-state index contributed by atoms with van der Waals surface area (Å²) < 4.78 is 0. The first-order valence-electron chi connectivity index (χ1n) is 3.69. The van der Waals surface area contributed by atoms with Crippen LogP contribution < -0.4 is 0 Å². The van der Waals surface area contributed by atoms with Crippen LogP contribution in [0.3, 0.4) is 0 Å². The van der Waals surface area contributed by atoms with Crippen LogP contribution in [0.25, 0.3) is 0 Å². The van der Waals surface area contributed by atoms with Crippen LogP contribution in [0.1, 0.15) is 20.3 Å². The lowest BCUT2D eigenvalue weighted by Crippen LogP contribution is -1.94. The highest BCUT2D eigenvalue weighted by atomic mass is 16.3. The Morgan fingerprint density at radius 3 is 2.50 bits per heavy atom. The van der Waals surface area contributed by atoms with Crippen LogP contribution in [0, 0.1) is 5.92 Å². The maximum Gasteiger partial charge on any atom is 0.0766 e. The van der Waals surface area contributed by atoms with Gasteiger partial charge in [-0.25, -0.2) is 0 Å². The molecule has 1 nitrogen and oxygen atoms in total. The van der Waals surface area contributed by atoms with E-state index in [4.69, 9.17) is 0 Å². The van der Waals surface area contributed by atoms with Crippen LogP contribution in [0.5, 0.6) is 0 Å². The first-order valence-corrected chi connectivity index (χ1v) is 3.69. The van der Waals surface area contributed by atoms with E-state index in [0.29, 0.717) is 5.92 Å². The lowest BCUT2D eigenvalue weighted by atomic mass is 10.00. The molecule has 56 valence electrons. The van der Waals surface area contributed by atoms with Gasteiger partial charge in [0.25, 0.3) is 0 Å². The summed E-state index contributed by atoms with van der Waals surface area (Å²) in [5.41, 5.74) is 2.33. The van der Waals surface area contributed by atoms with E-state index in [1.807, 2.05) is 6.08 Å². The van der Waals surface area contributed by atoms with E-state index in [9.17, 15) is 5.11 Å². The van der Waals surface area contributed by atoms with Gasteiger partial charge in [0.2, 0.25) is 0 Å². The minimum Gasteiger partial charge on any atom is -0.389 e. The van der Waals surface area contributed by atoms with Gasteiger partial charge in [0.1, 0.15) is 0 Å². The van der Waals surface area contributed by atoms with E-state index in [2.05, 4.69) is 20.4 Å². The second kappa shape index (κ2) is 2.59. The molecule has 0 saturated heterocycles. The smallest absolute Gasteiger partial charge is 0.0766 e. The molecule has 1 heteroatoms. The topological polar surface area (TPSA) is 20.2 Å². The summed E-state index contributed by atoms with van der Waals surface area (Å²) in [5, 5.41) is 9.18. The summed E-state index contributed by atoms with van der Waals surface area (Å²) in [6.45, 7) is 8.12. The molecule has 0 fully saturated rings. The Hall–Kier alpha value is -0.560. The molecule has 1 atom stereocenters. The predicted octanol–water partition coefficient (Wildman–Crippen LogP) is 1.89. The summed E-state index contributed by atoms with van der Waals surface area (Å²) in [6, 6.07) is 0. The number of aliphatic hydroxyl groups is 1. The Labute approximate surface area is 62.1 Å². The number of allylic oxidation sites excluding steroid dienone is 1. The molecule has 0 aromatic carbocycles. The number of hydrogen-bond donors (Lipinski definition) is 1. The molecule has 0 bridgehead atoms. The van der Waals surface area contributed by atoms with Crippen molar-refractivity contribution in [2.75, 3.05) is 0 Å². The molecule has 0 spiro atoms. The molecule has 1 aliphatic carbocycles. The maximum atomic E-state index is 9.18. The van der Waals surface area contributed by atoms with Crippen LogP contribution in [0.15, 0.2) is 23.8 Å². The highest BCUT2D eigenvalue weighted by molar-refractivity contribution is 5.37. The molecule has 10 heavy (non-hydrogen) atoms. The standard InChI is InChI=1S/C9H14O/c1-6(2)9-5-8(10)4-7(9)3/h5-6,8,10H,3-4H2,1-2H3/t8-/m0/s1. The molecular formula is C9H14O. The average molecular weight is 138 g/mol. The van der Waals surface area contributed by atoms with E-state index in [0.717, 1.165) is 12.0 Å². The van der Waals surface area contributed by atoms with E-state index >= 15 is 0 Å². The second-order valence-corrected chi connectivity index (χ2v) is 3.15. The summed E-state index contributed by atoms with van der Waals surface area (Å²) in [6.07, 6.45) is 2.37. The van der Waals surface area contributed by atoms with Gasteiger partial charge in [0, 0.05) is 6.42 Å². The molecule has 0 heterocycles. The number of aliphatic hydroxyl groups excluding tert-OH is 1. The van der Waals surface area contributed by atoms with Crippen LogP contribution in [-0.4, -0.2) is 11.2 Å². The Kier molecular flexibility index (Phi) is 1.95. The largest absolute Gasteiger partial charge is 0.389 e. The zero-order valence-corrected chi connectivity index (χ0v) is 6.59. The molecule has 1 aliphatic rings. The lowest BCUT2D eigenvalue weighted by Gasteiger charge is -2.05. The molecule has 0 aromatic rings. The van der Waals surface area contributed by atoms with Crippen molar-refractivity contribution in [2.24, 2.45) is 5.92 Å². The van der Waals surface area contributed by atoms with Crippen molar-refractivity contribution in [3.63, 3.8) is 0 Å². The fourth-order valence-electron chi connectivity index (χ4n) is 1.36. The second-order valence-electron chi connectivity index (χ2n) is 3.15. The fourth-order valence-corrected chi connectivity index (χ4v) is 1.36. The van der Waals surface area contributed by atoms with Crippen molar-refractivity contribution in [3.05, 3.63) is 23.8 Å². The van der Waals surface area contributed by atoms with Crippen molar-refractivity contribution >= 4 is 0 Å². The minimum atomic E-state index is -0.273. The van der Waals surface area contributed by atoms with E-state index in [-0.39, 0.29) is 6.10 Å². The van der Waals surface area contributed by atoms with Gasteiger partial charge in [0.15, 0.2) is 0 Å². The first-order chi connectivity index (χ1) is 4.61. The lowest BCUT2D eigenvalue weighted by molar-refractivity contribution is 0.230. The quantitative estimate of drug-likeness (QED) is 0.586. The maximum absolute atomic E-state index is 9.18. The highest BCUT2D eigenvalue weighted by Gasteiger charge is 2.18. The number of rotatable bonds is 1. The normalized spacial score (nSPS) is 25.8. The van der Waals surface area contributed by atoms with Crippen molar-refractivity contribution in [2.45, 2.75) is 26.4 Å². The van der Waals surface area contributed by atoms with Gasteiger partial charge in [-0.2, -0.15) is 0 Å². The van der Waals surface area contributed by atoms with Crippen LogP contribution in [0.2, 0.25) is 0 Å². The number of hydrogen-bond acceptors (Lipinski definition) is 1. The van der Waals surface area contributed by atoms with Crippen LogP contribution in [0.4, 0.5) is 0 Å². The van der Waals surface area contributed by atoms with Gasteiger partial charge in [0.05, 0.1) is 6.10 Å². The summed E-state index contributed by atoms with van der Waals surface area (Å²) in [5.74, 6) is 0.504. The Balaban J connectivity index is 2.75. The van der Waals surface area contributed by atoms with Crippen molar-refractivity contribution in [1.29, 1.82) is 0 Å². The van der Waals surface area contributed by atoms with Crippen molar-refractivity contribution in [3.8, 4) is 0 Å². The van der Waals surface area contributed by atoms with Crippen molar-refractivity contribution < 1.29 is 5.11 Å². The summed E-state index contributed by atoms with van der Waals surface area (Å²) in [4.78, 5) is 0. The van der Waals surface area contributed by atoms with E-state index < -0.39 is 0 Å². The first kappa shape index (κ1) is 7.55. The highest BCUT2D eigenvalue weighted by Crippen LogP contribution is 2.28. The molecule has 1 rings (SSSR count). The summed E-state index contributed by atoms with van der Waals surface area (Å²) >= 11 is 0. The zero-order valence-electron chi connectivity index (χ0n) is 6.59. The van der Waals surface area contributed by atoms with Gasteiger partial charge >= 0.3 is 0 Å². The van der Waals surface area contributed by atoms with Crippen LogP contribution in [-0.2, 0) is 0 Å². The van der Waals surface area contributed by atoms with Gasteiger partial charge in [-0.05, 0) is 17.1 Å². The molecule has 0 amide bonds. The third-order valence-electron chi connectivity index (χ3n) is 1.86. The third-order valence-corrected chi connectivity index (χ3v) is 1.86. The Bertz CT molecular complexity index is 177. The minimum absolute atomic E-state index is 0.273. The van der Waals surface area contributed by atoms with E-state index in [1.54, 1.807) is 0 Å². The molecule has 0 saturated carbocycles. The van der Waals surface area contributed by atoms with Gasteiger partial charge < -0.3 is 5.11 Å². The third kappa shape index (κ3) is 1.29. The molecule has 0 aliphatic heterocycles. The fraction of sp³-hybridized carbons (Fsp3) is 0.556. The Morgan fingerprint density at radius 2 is 2.30 bits per heavy atom. The monoisotopic (exact) mass is 138 g/mol. The molecular weight excluding hydrogens is 124 g/mol. The molecule has 1 N–H and O–H groups in total. The molecule has 0 aromatic heterocycles. The van der Waals surface area contributed by atoms with Gasteiger partial charge in [-0.15, -0.1) is 0 Å². The zero-order chi connectivity index (χ0) is 7.72. The van der Waals surface area contributed by atoms with E-state index in [1.165, 1.54) is 5.57 Å². The predicted molar refractivity (Wildman–Crippen MR) is 42.7 cm³/mol. The molecule has 0 radical (unpaired) electrons.